The molecule has 0 atom stereocenters. The third-order valence-electron chi connectivity index (χ3n) is 2.47. The Morgan fingerprint density at radius 3 is 1.94 bits per heavy atom. The van der Waals surface area contributed by atoms with Gasteiger partial charge in [0.2, 0.25) is 5.75 Å². The van der Waals surface area contributed by atoms with Gasteiger partial charge in [-0.25, -0.2) is 4.79 Å². The van der Waals surface area contributed by atoms with E-state index in [1.807, 2.05) is 41.5 Å². The first-order valence-corrected chi connectivity index (χ1v) is 5.41. The first-order chi connectivity index (χ1) is 7.03. The normalized spacial score (nSPS) is 12.9. The van der Waals surface area contributed by atoms with Gasteiger partial charge in [-0.3, -0.25) is 0 Å². The fourth-order valence-corrected chi connectivity index (χ4v) is 1.43. The summed E-state index contributed by atoms with van der Waals surface area (Å²) < 4.78 is 5.10. The number of hydrogen-bond donors (Lipinski definition) is 1. The Morgan fingerprint density at radius 1 is 1.06 bits per heavy atom. The summed E-state index contributed by atoms with van der Waals surface area (Å²) in [6.07, 6.45) is 0. The summed E-state index contributed by atoms with van der Waals surface area (Å²) in [5, 5.41) is 9.72. The van der Waals surface area contributed by atoms with E-state index in [9.17, 15) is 9.90 Å². The summed E-state index contributed by atoms with van der Waals surface area (Å²) in [6.45, 7) is 11.8. The van der Waals surface area contributed by atoms with Crippen LogP contribution in [0.2, 0.25) is 0 Å². The molecule has 0 spiro atoms. The third kappa shape index (κ3) is 2.46. The summed E-state index contributed by atoms with van der Waals surface area (Å²) in [5.41, 5.74) is -0.543. The topological polar surface area (TPSA) is 50.4 Å². The summed E-state index contributed by atoms with van der Waals surface area (Å²) >= 11 is 0. The van der Waals surface area contributed by atoms with E-state index in [2.05, 4.69) is 0 Å². The van der Waals surface area contributed by atoms with Crippen molar-refractivity contribution in [2.24, 2.45) is 0 Å². The molecular formula is C13H20O3. The highest BCUT2D eigenvalue weighted by atomic mass is 16.4. The van der Waals surface area contributed by atoms with E-state index in [4.69, 9.17) is 4.42 Å². The summed E-state index contributed by atoms with van der Waals surface area (Å²) in [5.74, 6) is 0.320. The van der Waals surface area contributed by atoms with Crippen LogP contribution in [-0.4, -0.2) is 5.11 Å². The zero-order chi connectivity index (χ0) is 12.7. The van der Waals surface area contributed by atoms with Gasteiger partial charge in [0.05, 0.1) is 0 Å². The van der Waals surface area contributed by atoms with Crippen LogP contribution in [0, 0.1) is 0 Å². The lowest BCUT2D eigenvalue weighted by Gasteiger charge is -2.23. The number of hydrogen-bond acceptors (Lipinski definition) is 3. The van der Waals surface area contributed by atoms with Gasteiger partial charge in [0.15, 0.2) is 0 Å². The fourth-order valence-electron chi connectivity index (χ4n) is 1.43. The molecule has 0 amide bonds. The molecule has 0 fully saturated rings. The molecule has 0 aliphatic rings. The predicted octanol–water partition coefficient (Wildman–Crippen LogP) is 2.94. The molecule has 90 valence electrons. The molecular weight excluding hydrogens is 204 g/mol. The minimum absolute atomic E-state index is 0.243. The Kier molecular flexibility index (Phi) is 2.92. The second kappa shape index (κ2) is 3.65. The molecule has 0 aliphatic heterocycles. The fraction of sp³-hybridized carbons (Fsp3) is 0.615. The standard InChI is InChI=1S/C13H20O3/c1-12(2,3)8-7-9(13(4,5)6)16-11(15)10(8)14/h7,14H,1-6H3. The highest BCUT2D eigenvalue weighted by Crippen LogP contribution is 2.32. The Bertz CT molecular complexity index is 442. The minimum atomic E-state index is -0.655. The van der Waals surface area contributed by atoms with Gasteiger partial charge in [-0.05, 0) is 11.5 Å². The Morgan fingerprint density at radius 2 is 1.56 bits per heavy atom. The van der Waals surface area contributed by atoms with Gasteiger partial charge in [-0.15, -0.1) is 0 Å². The van der Waals surface area contributed by atoms with E-state index in [0.29, 0.717) is 11.3 Å². The van der Waals surface area contributed by atoms with Crippen molar-refractivity contribution in [2.75, 3.05) is 0 Å². The maximum absolute atomic E-state index is 11.5. The van der Waals surface area contributed by atoms with Gasteiger partial charge in [-0.1, -0.05) is 41.5 Å². The van der Waals surface area contributed by atoms with E-state index < -0.39 is 5.63 Å². The summed E-state index contributed by atoms with van der Waals surface area (Å²) in [4.78, 5) is 11.5. The van der Waals surface area contributed by atoms with Crippen LogP contribution in [0.1, 0.15) is 52.9 Å². The van der Waals surface area contributed by atoms with Crippen molar-refractivity contribution in [1.82, 2.24) is 0 Å². The van der Waals surface area contributed by atoms with Crippen LogP contribution < -0.4 is 5.63 Å². The maximum atomic E-state index is 11.5. The second-order valence-electron chi connectivity index (χ2n) is 6.16. The van der Waals surface area contributed by atoms with Crippen LogP contribution in [0.3, 0.4) is 0 Å². The maximum Gasteiger partial charge on any atom is 0.378 e. The van der Waals surface area contributed by atoms with Gasteiger partial charge in [0.25, 0.3) is 0 Å². The second-order valence-corrected chi connectivity index (χ2v) is 6.16. The van der Waals surface area contributed by atoms with Crippen molar-refractivity contribution in [3.63, 3.8) is 0 Å². The first kappa shape index (κ1) is 12.8. The molecule has 0 unspecified atom stereocenters. The molecule has 1 N–H and O–H groups in total. The molecule has 0 saturated carbocycles. The molecule has 0 aromatic carbocycles. The van der Waals surface area contributed by atoms with Gasteiger partial charge in [0.1, 0.15) is 5.76 Å². The van der Waals surface area contributed by atoms with Gasteiger partial charge in [0, 0.05) is 11.0 Å². The smallest absolute Gasteiger partial charge is 0.378 e. The van der Waals surface area contributed by atoms with Gasteiger partial charge < -0.3 is 9.52 Å². The van der Waals surface area contributed by atoms with Crippen LogP contribution in [0.4, 0.5) is 0 Å². The van der Waals surface area contributed by atoms with Crippen molar-refractivity contribution in [1.29, 1.82) is 0 Å². The SMILES string of the molecule is CC(C)(C)c1cc(C(C)(C)C)c(O)c(=O)o1. The lowest BCUT2D eigenvalue weighted by atomic mass is 9.84. The molecule has 0 saturated heterocycles. The van der Waals surface area contributed by atoms with Crippen molar-refractivity contribution < 1.29 is 9.52 Å². The quantitative estimate of drug-likeness (QED) is 0.737. The average Bonchev–Trinajstić information content (AvgIpc) is 2.05. The highest BCUT2D eigenvalue weighted by Gasteiger charge is 2.26. The zero-order valence-corrected chi connectivity index (χ0v) is 10.8. The highest BCUT2D eigenvalue weighted by molar-refractivity contribution is 5.36. The molecule has 16 heavy (non-hydrogen) atoms. The predicted molar refractivity (Wildman–Crippen MR) is 64.0 cm³/mol. The van der Waals surface area contributed by atoms with Crippen LogP contribution >= 0.6 is 0 Å². The Labute approximate surface area is 96.1 Å². The Hall–Kier alpha value is -1.25. The van der Waals surface area contributed by atoms with Crippen molar-refractivity contribution in [3.8, 4) is 5.75 Å². The molecule has 0 radical (unpaired) electrons. The molecule has 3 heteroatoms. The lowest BCUT2D eigenvalue weighted by Crippen LogP contribution is -2.20. The molecule has 3 nitrogen and oxygen atoms in total. The minimum Gasteiger partial charge on any atom is -0.502 e. The van der Waals surface area contributed by atoms with Crippen LogP contribution in [0.5, 0.6) is 5.75 Å². The van der Waals surface area contributed by atoms with Crippen molar-refractivity contribution >= 4 is 0 Å². The summed E-state index contributed by atoms with van der Waals surface area (Å²) in [7, 11) is 0. The molecule has 0 aliphatic carbocycles. The summed E-state index contributed by atoms with van der Waals surface area (Å²) in [6, 6.07) is 1.77. The van der Waals surface area contributed by atoms with Crippen LogP contribution in [0.15, 0.2) is 15.3 Å². The van der Waals surface area contributed by atoms with Crippen LogP contribution in [-0.2, 0) is 10.8 Å². The molecule has 1 aromatic heterocycles. The van der Waals surface area contributed by atoms with E-state index in [1.54, 1.807) is 6.07 Å². The molecule has 1 aromatic rings. The Balaban J connectivity index is 3.53. The van der Waals surface area contributed by atoms with Crippen molar-refractivity contribution in [2.45, 2.75) is 52.4 Å². The molecule has 1 heterocycles. The van der Waals surface area contributed by atoms with E-state index >= 15 is 0 Å². The van der Waals surface area contributed by atoms with E-state index in [-0.39, 0.29) is 16.6 Å². The van der Waals surface area contributed by atoms with E-state index in [1.165, 1.54) is 0 Å². The largest absolute Gasteiger partial charge is 0.502 e. The average molecular weight is 224 g/mol. The van der Waals surface area contributed by atoms with Crippen LogP contribution in [0.25, 0.3) is 0 Å². The number of aromatic hydroxyl groups is 1. The first-order valence-electron chi connectivity index (χ1n) is 5.41. The van der Waals surface area contributed by atoms with E-state index in [0.717, 1.165) is 0 Å². The monoisotopic (exact) mass is 224 g/mol. The lowest BCUT2D eigenvalue weighted by molar-refractivity contribution is 0.337. The molecule has 0 bridgehead atoms. The van der Waals surface area contributed by atoms with Crippen molar-refractivity contribution in [3.05, 3.63) is 27.8 Å². The number of rotatable bonds is 0. The molecule has 1 rings (SSSR count). The zero-order valence-electron chi connectivity index (χ0n) is 10.8. The third-order valence-corrected chi connectivity index (χ3v) is 2.47. The van der Waals surface area contributed by atoms with Gasteiger partial charge in [-0.2, -0.15) is 0 Å². The van der Waals surface area contributed by atoms with Gasteiger partial charge >= 0.3 is 5.63 Å².